The number of rotatable bonds is 3. The predicted octanol–water partition coefficient (Wildman–Crippen LogP) is 6.61. The number of anilines is 2. The summed E-state index contributed by atoms with van der Waals surface area (Å²) in [4.78, 5) is 17.0. The van der Waals surface area contributed by atoms with Gasteiger partial charge in [0.1, 0.15) is 5.60 Å². The van der Waals surface area contributed by atoms with Crippen molar-refractivity contribution in [3.05, 3.63) is 53.1 Å². The van der Waals surface area contributed by atoms with E-state index in [9.17, 15) is 9.90 Å². The lowest BCUT2D eigenvalue weighted by Gasteiger charge is -2.59. The summed E-state index contributed by atoms with van der Waals surface area (Å²) in [5, 5.41) is 18.5. The Hall–Kier alpha value is -1.98. The quantitative estimate of drug-likeness (QED) is 0.539. The molecule has 0 aliphatic heterocycles. The van der Waals surface area contributed by atoms with Crippen LogP contribution in [0.5, 0.6) is 0 Å². The smallest absolute Gasteiger partial charge is 0.187 e. The van der Waals surface area contributed by atoms with E-state index < -0.39 is 5.60 Å². The molecule has 2 N–H and O–H groups in total. The van der Waals surface area contributed by atoms with Crippen molar-refractivity contribution in [1.82, 2.24) is 4.98 Å². The molecule has 6 atom stereocenters. The molecule has 33 heavy (non-hydrogen) atoms. The second-order valence-corrected chi connectivity index (χ2v) is 12.2. The molecular formula is C28H34N2O2S. The maximum absolute atomic E-state index is 12.2. The van der Waals surface area contributed by atoms with Crippen LogP contribution in [0.2, 0.25) is 0 Å². The summed E-state index contributed by atoms with van der Waals surface area (Å²) in [6.45, 7) is 4.76. The molecule has 6 unspecified atom stereocenters. The van der Waals surface area contributed by atoms with Gasteiger partial charge in [-0.15, -0.1) is 11.3 Å². The number of carbonyl (C=O) groups is 1. The number of hydrogen-bond acceptors (Lipinski definition) is 5. The molecule has 3 saturated carbocycles. The number of hydrogen-bond donors (Lipinski definition) is 2. The number of allylic oxidation sites excluding steroid dienone is 1. The number of thiazole rings is 1. The Kier molecular flexibility index (Phi) is 4.90. The van der Waals surface area contributed by atoms with Gasteiger partial charge in [-0.25, -0.2) is 4.98 Å². The van der Waals surface area contributed by atoms with E-state index in [2.05, 4.69) is 24.5 Å². The molecule has 1 aromatic carbocycles. The average molecular weight is 463 g/mol. The van der Waals surface area contributed by atoms with Gasteiger partial charge in [0.05, 0.1) is 5.69 Å². The summed E-state index contributed by atoms with van der Waals surface area (Å²) in [5.41, 5.74) is 2.44. The molecular weight excluding hydrogens is 428 g/mol. The van der Waals surface area contributed by atoms with Crippen LogP contribution >= 0.6 is 11.3 Å². The highest BCUT2D eigenvalue weighted by molar-refractivity contribution is 7.13. The fourth-order valence-corrected chi connectivity index (χ4v) is 8.96. The third-order valence-corrected chi connectivity index (χ3v) is 10.8. The Morgan fingerprint density at radius 1 is 1.03 bits per heavy atom. The summed E-state index contributed by atoms with van der Waals surface area (Å²) < 4.78 is 0. The van der Waals surface area contributed by atoms with Crippen LogP contribution in [0.1, 0.15) is 70.9 Å². The standard InChI is InChI=1S/C28H34N2O2S/c1-26-13-10-20(31)16-18(26)8-9-21-22(26)11-14-27(2)23(21)12-15-28(27,32)24-17-33-25(30-24)29-19-6-4-3-5-7-19/h3-7,16-17,21-23,32H,8-15H2,1-2H3,(H,29,30). The zero-order valence-corrected chi connectivity index (χ0v) is 20.5. The van der Waals surface area contributed by atoms with Gasteiger partial charge in [-0.1, -0.05) is 37.6 Å². The van der Waals surface area contributed by atoms with Gasteiger partial charge in [0.2, 0.25) is 0 Å². The molecule has 1 aromatic heterocycles. The second-order valence-electron chi connectivity index (χ2n) is 11.4. The number of aromatic nitrogens is 1. The largest absolute Gasteiger partial charge is 0.383 e. The van der Waals surface area contributed by atoms with E-state index in [0.29, 0.717) is 30.0 Å². The zero-order valence-electron chi connectivity index (χ0n) is 19.6. The molecule has 0 spiro atoms. The summed E-state index contributed by atoms with van der Waals surface area (Å²) in [7, 11) is 0. The van der Waals surface area contributed by atoms with Crippen molar-refractivity contribution in [2.24, 2.45) is 28.6 Å². The van der Waals surface area contributed by atoms with E-state index >= 15 is 0 Å². The number of ketones is 1. The zero-order chi connectivity index (χ0) is 22.8. The van der Waals surface area contributed by atoms with E-state index in [1.54, 1.807) is 11.3 Å². The Bertz CT molecular complexity index is 1110. The lowest BCUT2D eigenvalue weighted by molar-refractivity contribution is -0.135. The van der Waals surface area contributed by atoms with Crippen molar-refractivity contribution in [2.45, 2.75) is 70.8 Å². The maximum atomic E-state index is 12.2. The minimum Gasteiger partial charge on any atom is -0.383 e. The molecule has 0 saturated heterocycles. The number of aliphatic hydroxyl groups is 1. The molecule has 1 heterocycles. The lowest BCUT2D eigenvalue weighted by atomic mass is 9.46. The molecule has 4 aliphatic rings. The van der Waals surface area contributed by atoms with Crippen LogP contribution in [-0.2, 0) is 10.4 Å². The van der Waals surface area contributed by atoms with Crippen molar-refractivity contribution in [3.63, 3.8) is 0 Å². The third kappa shape index (κ3) is 3.11. The number of para-hydroxylation sites is 1. The van der Waals surface area contributed by atoms with E-state index in [1.165, 1.54) is 5.57 Å². The molecule has 4 aliphatic carbocycles. The Balaban J connectivity index is 1.28. The number of nitrogens with one attached hydrogen (secondary N) is 1. The van der Waals surface area contributed by atoms with Gasteiger partial charge in [-0.3, -0.25) is 4.79 Å². The van der Waals surface area contributed by atoms with Crippen LogP contribution in [0.3, 0.4) is 0 Å². The van der Waals surface area contributed by atoms with Crippen LogP contribution in [0.4, 0.5) is 10.8 Å². The summed E-state index contributed by atoms with van der Waals surface area (Å²) in [5.74, 6) is 2.11. The maximum Gasteiger partial charge on any atom is 0.187 e. The normalized spacial score (nSPS) is 39.9. The van der Waals surface area contributed by atoms with E-state index in [-0.39, 0.29) is 10.8 Å². The topological polar surface area (TPSA) is 62.2 Å². The van der Waals surface area contributed by atoms with E-state index in [0.717, 1.165) is 61.5 Å². The summed E-state index contributed by atoms with van der Waals surface area (Å²) in [6.07, 6.45) is 9.94. The number of benzene rings is 1. The highest BCUT2D eigenvalue weighted by Crippen LogP contribution is 2.69. The fourth-order valence-electron chi connectivity index (χ4n) is 8.16. The van der Waals surface area contributed by atoms with Gasteiger partial charge in [0.15, 0.2) is 10.9 Å². The van der Waals surface area contributed by atoms with Crippen molar-refractivity contribution < 1.29 is 9.90 Å². The van der Waals surface area contributed by atoms with Gasteiger partial charge < -0.3 is 10.4 Å². The molecule has 0 radical (unpaired) electrons. The van der Waals surface area contributed by atoms with Crippen molar-refractivity contribution in [2.75, 3.05) is 5.32 Å². The van der Waals surface area contributed by atoms with Gasteiger partial charge in [0.25, 0.3) is 0 Å². The van der Waals surface area contributed by atoms with Crippen LogP contribution < -0.4 is 5.32 Å². The van der Waals surface area contributed by atoms with Crippen LogP contribution in [-0.4, -0.2) is 15.9 Å². The molecule has 0 amide bonds. The monoisotopic (exact) mass is 462 g/mol. The molecule has 0 bridgehead atoms. The highest BCUT2D eigenvalue weighted by atomic mass is 32.1. The fraction of sp³-hybridized carbons (Fsp3) is 0.571. The molecule has 3 fully saturated rings. The summed E-state index contributed by atoms with van der Waals surface area (Å²) in [6, 6.07) is 10.1. The van der Waals surface area contributed by atoms with Crippen molar-refractivity contribution in [1.29, 1.82) is 0 Å². The number of carbonyl (C=O) groups excluding carboxylic acids is 1. The third-order valence-electron chi connectivity index (χ3n) is 10.1. The Morgan fingerprint density at radius 3 is 2.64 bits per heavy atom. The Labute approximate surface area is 200 Å². The molecule has 2 aromatic rings. The SMILES string of the molecule is CC12CCC(=O)C=C1CCC1C2CCC2(C)C1CCC2(O)c1csc(Nc2ccccc2)n1. The summed E-state index contributed by atoms with van der Waals surface area (Å²) >= 11 is 1.58. The van der Waals surface area contributed by atoms with Crippen molar-refractivity contribution >= 4 is 27.9 Å². The minimum absolute atomic E-state index is 0.145. The predicted molar refractivity (Wildman–Crippen MR) is 132 cm³/mol. The van der Waals surface area contributed by atoms with Gasteiger partial charge in [0, 0.05) is 22.9 Å². The number of nitrogens with zero attached hydrogens (tertiary/aromatic N) is 1. The van der Waals surface area contributed by atoms with Gasteiger partial charge >= 0.3 is 0 Å². The van der Waals surface area contributed by atoms with Crippen molar-refractivity contribution in [3.8, 4) is 0 Å². The van der Waals surface area contributed by atoms with Crippen LogP contribution in [0.25, 0.3) is 0 Å². The van der Waals surface area contributed by atoms with Crippen LogP contribution in [0.15, 0.2) is 47.4 Å². The van der Waals surface area contributed by atoms with E-state index in [1.807, 2.05) is 36.4 Å². The van der Waals surface area contributed by atoms with Gasteiger partial charge in [-0.2, -0.15) is 0 Å². The first-order valence-corrected chi connectivity index (χ1v) is 13.5. The molecule has 4 nitrogen and oxygen atoms in total. The molecule has 5 heteroatoms. The molecule has 6 rings (SSSR count). The second kappa shape index (κ2) is 7.51. The van der Waals surface area contributed by atoms with Crippen LogP contribution in [0, 0.1) is 28.6 Å². The van der Waals surface area contributed by atoms with E-state index in [4.69, 9.17) is 4.98 Å². The average Bonchev–Trinajstić information content (AvgIpc) is 3.38. The first-order chi connectivity index (χ1) is 15.8. The first-order valence-electron chi connectivity index (χ1n) is 12.6. The first kappa shape index (κ1) is 21.5. The number of fused-ring (bicyclic) bond motifs is 5. The Morgan fingerprint density at radius 2 is 1.82 bits per heavy atom. The van der Waals surface area contributed by atoms with Gasteiger partial charge in [-0.05, 0) is 86.3 Å². The minimum atomic E-state index is -0.866. The molecule has 174 valence electrons. The lowest BCUT2D eigenvalue weighted by Crippen LogP contribution is -2.53. The highest BCUT2D eigenvalue weighted by Gasteiger charge is 2.65.